The lowest BCUT2D eigenvalue weighted by Gasteiger charge is -2.25. The van der Waals surface area contributed by atoms with E-state index in [-0.39, 0.29) is 11.1 Å². The third-order valence-electron chi connectivity index (χ3n) is 4.67. The summed E-state index contributed by atoms with van der Waals surface area (Å²) in [4.78, 5) is 0. The quantitative estimate of drug-likeness (QED) is 0.855. The van der Waals surface area contributed by atoms with Gasteiger partial charge in [-0.1, -0.05) is 24.3 Å². The lowest BCUT2D eigenvalue weighted by atomic mass is 9.89. The zero-order valence-electron chi connectivity index (χ0n) is 11.2. The minimum atomic E-state index is -0.322. The van der Waals surface area contributed by atoms with E-state index >= 15 is 0 Å². The molecule has 18 heavy (non-hydrogen) atoms. The molecule has 0 aromatic heterocycles. The van der Waals surface area contributed by atoms with Gasteiger partial charge in [0.15, 0.2) is 0 Å². The van der Waals surface area contributed by atoms with Crippen LogP contribution in [0.2, 0.25) is 0 Å². The molecule has 2 fully saturated rings. The third-order valence-corrected chi connectivity index (χ3v) is 4.67. The first-order chi connectivity index (χ1) is 8.60. The molecular weight excluding hydrogens is 222 g/mol. The summed E-state index contributed by atoms with van der Waals surface area (Å²) in [7, 11) is 0. The van der Waals surface area contributed by atoms with Gasteiger partial charge in [-0.15, -0.1) is 0 Å². The molecule has 0 amide bonds. The first kappa shape index (κ1) is 12.2. The van der Waals surface area contributed by atoms with E-state index in [0.717, 1.165) is 32.2 Å². The smallest absolute Gasteiger partial charge is 0.0653 e. The molecule has 1 aromatic rings. The second-order valence-electron chi connectivity index (χ2n) is 6.28. The average Bonchev–Trinajstić information content (AvgIpc) is 2.95. The van der Waals surface area contributed by atoms with Crippen LogP contribution in [0.15, 0.2) is 24.3 Å². The zero-order valence-corrected chi connectivity index (χ0v) is 11.2. The fourth-order valence-electron chi connectivity index (χ4n) is 2.95. The van der Waals surface area contributed by atoms with Gasteiger partial charge in [0.1, 0.15) is 0 Å². The molecule has 1 heterocycles. The van der Waals surface area contributed by atoms with Gasteiger partial charge in [0.25, 0.3) is 0 Å². The number of benzene rings is 1. The molecule has 1 unspecified atom stereocenters. The molecule has 1 aliphatic carbocycles. The monoisotopic (exact) mass is 245 g/mol. The maximum atomic E-state index is 9.85. The van der Waals surface area contributed by atoms with Crippen LogP contribution >= 0.6 is 0 Å². The predicted octanol–water partition coefficient (Wildman–Crippen LogP) is 2.74. The number of hydrogen-bond donors (Lipinski definition) is 2. The van der Waals surface area contributed by atoms with Gasteiger partial charge < -0.3 is 10.4 Å². The van der Waals surface area contributed by atoms with Crippen LogP contribution in [0.25, 0.3) is 0 Å². The van der Waals surface area contributed by atoms with Gasteiger partial charge in [0.2, 0.25) is 0 Å². The predicted molar refractivity (Wildman–Crippen MR) is 73.5 cm³/mol. The van der Waals surface area contributed by atoms with Crippen LogP contribution in [0.3, 0.4) is 0 Å². The number of hydrogen-bond acceptors (Lipinski definition) is 2. The van der Waals surface area contributed by atoms with Gasteiger partial charge in [0, 0.05) is 5.54 Å². The second kappa shape index (κ2) is 4.36. The fraction of sp³-hybridized carbons (Fsp3) is 0.625. The Labute approximate surface area is 109 Å². The van der Waals surface area contributed by atoms with Gasteiger partial charge >= 0.3 is 0 Å². The summed E-state index contributed by atoms with van der Waals surface area (Å²) < 4.78 is 0. The highest BCUT2D eigenvalue weighted by Crippen LogP contribution is 2.39. The molecular formula is C16H23NO. The van der Waals surface area contributed by atoms with E-state index in [1.165, 1.54) is 24.0 Å². The number of aryl methyl sites for hydroxylation is 1. The van der Waals surface area contributed by atoms with E-state index in [4.69, 9.17) is 0 Å². The Hall–Kier alpha value is -0.860. The molecule has 1 aromatic carbocycles. The van der Waals surface area contributed by atoms with Crippen LogP contribution < -0.4 is 5.32 Å². The van der Waals surface area contributed by atoms with Crippen LogP contribution in [0.1, 0.15) is 50.2 Å². The zero-order chi connectivity index (χ0) is 12.6. The van der Waals surface area contributed by atoms with Crippen molar-refractivity contribution in [1.82, 2.24) is 5.32 Å². The van der Waals surface area contributed by atoms with Crippen molar-refractivity contribution in [2.75, 3.05) is 6.54 Å². The molecule has 98 valence electrons. The van der Waals surface area contributed by atoms with Crippen molar-refractivity contribution >= 4 is 0 Å². The molecule has 0 bridgehead atoms. The van der Waals surface area contributed by atoms with E-state index in [1.54, 1.807) is 0 Å². The molecule has 1 saturated carbocycles. The largest absolute Gasteiger partial charge is 0.390 e. The molecule has 2 aliphatic rings. The minimum Gasteiger partial charge on any atom is -0.390 e. The molecule has 1 aliphatic heterocycles. The summed E-state index contributed by atoms with van der Waals surface area (Å²) in [5.74, 6) is 0. The van der Waals surface area contributed by atoms with E-state index in [9.17, 15) is 5.11 Å². The number of aliphatic hydroxyl groups is 1. The first-order valence-electron chi connectivity index (χ1n) is 7.17. The molecule has 3 rings (SSSR count). The molecule has 2 nitrogen and oxygen atoms in total. The van der Waals surface area contributed by atoms with Crippen molar-refractivity contribution in [3.05, 3.63) is 35.4 Å². The van der Waals surface area contributed by atoms with Crippen LogP contribution in [0.4, 0.5) is 0 Å². The Morgan fingerprint density at radius 2 is 1.89 bits per heavy atom. The average molecular weight is 245 g/mol. The summed E-state index contributed by atoms with van der Waals surface area (Å²) in [6.45, 7) is 3.42. The highest BCUT2D eigenvalue weighted by Gasteiger charge is 2.39. The summed E-state index contributed by atoms with van der Waals surface area (Å²) in [5, 5.41) is 13.4. The van der Waals surface area contributed by atoms with Gasteiger partial charge in [-0.05, 0) is 63.1 Å². The molecule has 0 spiro atoms. The first-order valence-corrected chi connectivity index (χ1v) is 7.17. The topological polar surface area (TPSA) is 32.3 Å². The normalized spacial score (nSPS) is 29.4. The van der Waals surface area contributed by atoms with Crippen LogP contribution in [0.5, 0.6) is 0 Å². The van der Waals surface area contributed by atoms with Crippen LogP contribution in [-0.2, 0) is 12.0 Å². The van der Waals surface area contributed by atoms with Gasteiger partial charge in [-0.3, -0.25) is 0 Å². The van der Waals surface area contributed by atoms with E-state index in [0.29, 0.717) is 0 Å². The molecule has 1 atom stereocenters. The van der Waals surface area contributed by atoms with Crippen molar-refractivity contribution in [2.45, 2.75) is 56.6 Å². The van der Waals surface area contributed by atoms with E-state index in [2.05, 4.69) is 36.5 Å². The number of rotatable bonds is 4. The molecule has 2 N–H and O–H groups in total. The fourth-order valence-corrected chi connectivity index (χ4v) is 2.95. The Morgan fingerprint density at radius 3 is 2.44 bits per heavy atom. The summed E-state index contributed by atoms with van der Waals surface area (Å²) in [6, 6.07) is 8.97. The van der Waals surface area contributed by atoms with Crippen molar-refractivity contribution in [3.63, 3.8) is 0 Å². The Kier molecular flexibility index (Phi) is 2.95. The number of nitrogens with one attached hydrogen (secondary N) is 1. The molecule has 1 saturated heterocycles. The maximum Gasteiger partial charge on any atom is 0.0653 e. The van der Waals surface area contributed by atoms with Crippen molar-refractivity contribution < 1.29 is 5.11 Å². The Balaban J connectivity index is 1.65. The lowest BCUT2D eigenvalue weighted by Crippen LogP contribution is -2.32. The summed E-state index contributed by atoms with van der Waals surface area (Å²) >= 11 is 0. The Bertz CT molecular complexity index is 413. The summed E-state index contributed by atoms with van der Waals surface area (Å²) in [5.41, 5.74) is 2.60. The van der Waals surface area contributed by atoms with Crippen molar-refractivity contribution in [2.24, 2.45) is 0 Å². The molecule has 2 heteroatoms. The van der Waals surface area contributed by atoms with Gasteiger partial charge in [-0.25, -0.2) is 0 Å². The van der Waals surface area contributed by atoms with E-state index < -0.39 is 0 Å². The minimum absolute atomic E-state index is 0.174. The van der Waals surface area contributed by atoms with E-state index in [1.807, 2.05) is 0 Å². The van der Waals surface area contributed by atoms with Crippen LogP contribution in [0, 0.1) is 0 Å². The maximum absolute atomic E-state index is 9.85. The SMILES string of the molecule is CC1(c2ccc(CCC3(O)CC3)cc2)CCCN1. The molecule has 0 radical (unpaired) electrons. The van der Waals surface area contributed by atoms with Crippen molar-refractivity contribution in [3.8, 4) is 0 Å². The third kappa shape index (κ3) is 2.45. The van der Waals surface area contributed by atoms with Crippen molar-refractivity contribution in [1.29, 1.82) is 0 Å². The second-order valence-corrected chi connectivity index (χ2v) is 6.28. The van der Waals surface area contributed by atoms with Gasteiger partial charge in [0.05, 0.1) is 5.60 Å². The highest BCUT2D eigenvalue weighted by atomic mass is 16.3. The van der Waals surface area contributed by atoms with Crippen LogP contribution in [-0.4, -0.2) is 17.3 Å². The Morgan fingerprint density at radius 1 is 1.17 bits per heavy atom. The van der Waals surface area contributed by atoms with Gasteiger partial charge in [-0.2, -0.15) is 0 Å². The highest BCUT2D eigenvalue weighted by molar-refractivity contribution is 5.29. The lowest BCUT2D eigenvalue weighted by molar-refractivity contribution is 0.140. The summed E-state index contributed by atoms with van der Waals surface area (Å²) in [6.07, 6.45) is 6.40. The standard InChI is InChI=1S/C16H23NO/c1-15(8-2-12-17-15)14-5-3-13(4-6-14)7-9-16(18)10-11-16/h3-6,17-18H,2,7-12H2,1H3.